The number of hydrogen-bond donors (Lipinski definition) is 0. The molecule has 0 saturated carbocycles. The van der Waals surface area contributed by atoms with Gasteiger partial charge in [0.2, 0.25) is 0 Å². The highest BCUT2D eigenvalue weighted by atomic mass is 16.2. The first-order valence-electron chi connectivity index (χ1n) is 4.97. The van der Waals surface area contributed by atoms with Crippen molar-refractivity contribution in [2.45, 2.75) is 13.8 Å². The van der Waals surface area contributed by atoms with E-state index in [-0.39, 0.29) is 11.2 Å². The lowest BCUT2D eigenvalue weighted by molar-refractivity contribution is 0.706. The molecule has 16 heavy (non-hydrogen) atoms. The normalized spacial score (nSPS) is 11.0. The van der Waals surface area contributed by atoms with Gasteiger partial charge in [-0.1, -0.05) is 0 Å². The lowest BCUT2D eigenvalue weighted by Crippen LogP contribution is -2.37. The number of rotatable bonds is 0. The molecule has 5 nitrogen and oxygen atoms in total. The second kappa shape index (κ2) is 3.30. The maximum atomic E-state index is 11.9. The van der Waals surface area contributed by atoms with Crippen molar-refractivity contribution in [3.05, 3.63) is 38.2 Å². The van der Waals surface area contributed by atoms with Gasteiger partial charge in [0, 0.05) is 19.8 Å². The highest BCUT2D eigenvalue weighted by Crippen LogP contribution is 2.11. The Morgan fingerprint density at radius 2 is 1.75 bits per heavy atom. The number of aromatic nitrogens is 3. The average molecular weight is 219 g/mol. The molecule has 0 aliphatic heterocycles. The van der Waals surface area contributed by atoms with Crippen LogP contribution in [-0.2, 0) is 14.1 Å². The Bertz CT molecular complexity index is 695. The van der Waals surface area contributed by atoms with Crippen LogP contribution in [0.15, 0.2) is 15.7 Å². The van der Waals surface area contributed by atoms with Crippen LogP contribution in [0.3, 0.4) is 0 Å². The molecule has 0 N–H and O–H groups in total. The SMILES string of the molecule is Cc1cc(C)c2c(=O)n(C)c(=O)n(C)c2n1. The number of aryl methyl sites for hydroxylation is 3. The van der Waals surface area contributed by atoms with E-state index in [9.17, 15) is 9.59 Å². The minimum Gasteiger partial charge on any atom is -0.280 e. The van der Waals surface area contributed by atoms with Crippen LogP contribution in [0.5, 0.6) is 0 Å². The Kier molecular flexibility index (Phi) is 2.18. The first kappa shape index (κ1) is 10.6. The Balaban J connectivity index is 3.22. The number of fused-ring (bicyclic) bond motifs is 1. The van der Waals surface area contributed by atoms with Crippen molar-refractivity contribution in [3.63, 3.8) is 0 Å². The van der Waals surface area contributed by atoms with Crippen LogP contribution < -0.4 is 11.2 Å². The van der Waals surface area contributed by atoms with Gasteiger partial charge < -0.3 is 0 Å². The van der Waals surface area contributed by atoms with E-state index in [0.717, 1.165) is 15.8 Å². The molecule has 0 aliphatic carbocycles. The van der Waals surface area contributed by atoms with Crippen molar-refractivity contribution in [1.29, 1.82) is 0 Å². The van der Waals surface area contributed by atoms with Gasteiger partial charge >= 0.3 is 5.69 Å². The third kappa shape index (κ3) is 1.28. The molecule has 0 atom stereocenters. The minimum absolute atomic E-state index is 0.289. The van der Waals surface area contributed by atoms with Gasteiger partial charge in [-0.05, 0) is 25.5 Å². The molecule has 0 saturated heterocycles. The van der Waals surface area contributed by atoms with Crippen molar-refractivity contribution in [3.8, 4) is 0 Å². The number of nitrogens with zero attached hydrogens (tertiary/aromatic N) is 3. The summed E-state index contributed by atoms with van der Waals surface area (Å²) in [5.41, 5.74) is 1.45. The second-order valence-electron chi connectivity index (χ2n) is 3.98. The second-order valence-corrected chi connectivity index (χ2v) is 3.98. The first-order chi connectivity index (χ1) is 7.43. The quantitative estimate of drug-likeness (QED) is 0.638. The van der Waals surface area contributed by atoms with Crippen LogP contribution in [0, 0.1) is 13.8 Å². The lowest BCUT2D eigenvalue weighted by atomic mass is 10.2. The van der Waals surface area contributed by atoms with Crippen LogP contribution in [0.1, 0.15) is 11.3 Å². The third-order valence-corrected chi connectivity index (χ3v) is 2.74. The van der Waals surface area contributed by atoms with E-state index >= 15 is 0 Å². The zero-order valence-corrected chi connectivity index (χ0v) is 9.74. The average Bonchev–Trinajstić information content (AvgIpc) is 2.22. The number of pyridine rings is 1. The van der Waals surface area contributed by atoms with Gasteiger partial charge in [-0.3, -0.25) is 13.9 Å². The molecule has 0 aromatic carbocycles. The van der Waals surface area contributed by atoms with E-state index in [1.54, 1.807) is 7.05 Å². The Morgan fingerprint density at radius 3 is 2.38 bits per heavy atom. The molecule has 2 aromatic heterocycles. The molecule has 0 bridgehead atoms. The van der Waals surface area contributed by atoms with Crippen LogP contribution in [0.4, 0.5) is 0 Å². The monoisotopic (exact) mass is 219 g/mol. The predicted molar refractivity (Wildman–Crippen MR) is 61.7 cm³/mol. The molecule has 0 fully saturated rings. The fraction of sp³-hybridized carbons (Fsp3) is 0.364. The van der Waals surface area contributed by atoms with Gasteiger partial charge in [-0.2, -0.15) is 0 Å². The summed E-state index contributed by atoms with van der Waals surface area (Å²) in [7, 11) is 3.10. The summed E-state index contributed by atoms with van der Waals surface area (Å²) in [6.45, 7) is 3.69. The van der Waals surface area contributed by atoms with Crippen molar-refractivity contribution in [2.24, 2.45) is 14.1 Å². The van der Waals surface area contributed by atoms with Crippen LogP contribution in [0.2, 0.25) is 0 Å². The molecule has 84 valence electrons. The summed E-state index contributed by atoms with van der Waals surface area (Å²) in [5.74, 6) is 0. The molecule has 0 amide bonds. The van der Waals surface area contributed by atoms with Crippen LogP contribution in [-0.4, -0.2) is 14.1 Å². The van der Waals surface area contributed by atoms with Gasteiger partial charge in [0.25, 0.3) is 5.56 Å². The smallest absolute Gasteiger partial charge is 0.280 e. The summed E-state index contributed by atoms with van der Waals surface area (Å²) in [5, 5.41) is 0.509. The standard InChI is InChI=1S/C11H13N3O2/c1-6-5-7(2)12-9-8(6)10(15)14(4)11(16)13(9)3/h5H,1-4H3. The molecule has 0 radical (unpaired) electrons. The van der Waals surface area contributed by atoms with Gasteiger partial charge in [0.05, 0.1) is 5.39 Å². The van der Waals surface area contributed by atoms with E-state index < -0.39 is 0 Å². The van der Waals surface area contributed by atoms with Crippen molar-refractivity contribution < 1.29 is 0 Å². The van der Waals surface area contributed by atoms with Gasteiger partial charge in [-0.25, -0.2) is 9.78 Å². The van der Waals surface area contributed by atoms with Gasteiger partial charge in [0.15, 0.2) is 0 Å². The molecule has 5 heteroatoms. The minimum atomic E-state index is -0.352. The van der Waals surface area contributed by atoms with Crippen LogP contribution >= 0.6 is 0 Å². The fourth-order valence-electron chi connectivity index (χ4n) is 1.89. The van der Waals surface area contributed by atoms with E-state index in [4.69, 9.17) is 0 Å². The maximum Gasteiger partial charge on any atom is 0.332 e. The first-order valence-corrected chi connectivity index (χ1v) is 4.97. The maximum absolute atomic E-state index is 11.9. The zero-order valence-electron chi connectivity index (χ0n) is 9.74. The van der Waals surface area contributed by atoms with E-state index in [1.165, 1.54) is 11.6 Å². The predicted octanol–water partition coefficient (Wildman–Crippen LogP) is 0.249. The Hall–Kier alpha value is -1.91. The Labute approximate surface area is 92.0 Å². The molecule has 0 spiro atoms. The summed E-state index contributed by atoms with van der Waals surface area (Å²) in [4.78, 5) is 27.9. The number of hydrogen-bond acceptors (Lipinski definition) is 3. The summed E-state index contributed by atoms with van der Waals surface area (Å²) in [6.07, 6.45) is 0. The molecule has 2 aromatic rings. The molecular formula is C11H13N3O2. The van der Waals surface area contributed by atoms with E-state index in [1.807, 2.05) is 19.9 Å². The van der Waals surface area contributed by atoms with Crippen molar-refractivity contribution in [2.75, 3.05) is 0 Å². The summed E-state index contributed by atoms with van der Waals surface area (Å²) in [6, 6.07) is 1.84. The summed E-state index contributed by atoms with van der Waals surface area (Å²) >= 11 is 0. The van der Waals surface area contributed by atoms with Gasteiger partial charge in [-0.15, -0.1) is 0 Å². The zero-order chi connectivity index (χ0) is 12.0. The largest absolute Gasteiger partial charge is 0.332 e. The van der Waals surface area contributed by atoms with Crippen molar-refractivity contribution >= 4 is 11.0 Å². The third-order valence-electron chi connectivity index (χ3n) is 2.74. The highest BCUT2D eigenvalue weighted by Gasteiger charge is 2.11. The summed E-state index contributed by atoms with van der Waals surface area (Å²) < 4.78 is 2.50. The van der Waals surface area contributed by atoms with Crippen LogP contribution in [0.25, 0.3) is 11.0 Å². The molecule has 0 unspecified atom stereocenters. The topological polar surface area (TPSA) is 56.9 Å². The highest BCUT2D eigenvalue weighted by molar-refractivity contribution is 5.77. The molecule has 2 rings (SSSR count). The van der Waals surface area contributed by atoms with Crippen molar-refractivity contribution in [1.82, 2.24) is 14.1 Å². The Morgan fingerprint density at radius 1 is 1.12 bits per heavy atom. The fourth-order valence-corrected chi connectivity index (χ4v) is 1.89. The van der Waals surface area contributed by atoms with Gasteiger partial charge in [0.1, 0.15) is 5.65 Å². The molecule has 2 heterocycles. The molecule has 0 aliphatic rings. The van der Waals surface area contributed by atoms with E-state index in [2.05, 4.69) is 4.98 Å². The van der Waals surface area contributed by atoms with E-state index in [0.29, 0.717) is 11.0 Å². The molecular weight excluding hydrogens is 206 g/mol. The lowest BCUT2D eigenvalue weighted by Gasteiger charge is -2.08.